The molecule has 0 aliphatic carbocycles. The van der Waals surface area contributed by atoms with Crippen LogP contribution in [0.25, 0.3) is 0 Å². The van der Waals surface area contributed by atoms with Gasteiger partial charge in [0, 0.05) is 19.3 Å². The van der Waals surface area contributed by atoms with Gasteiger partial charge in [-0.3, -0.25) is 14.4 Å². The van der Waals surface area contributed by atoms with Crippen LogP contribution < -0.4 is 0 Å². The first-order chi connectivity index (χ1) is 27.5. The zero-order valence-electron chi connectivity index (χ0n) is 36.6. The summed E-state index contributed by atoms with van der Waals surface area (Å²) in [5, 5.41) is 0. The lowest BCUT2D eigenvalue weighted by atomic mass is 10.1. The van der Waals surface area contributed by atoms with E-state index in [4.69, 9.17) is 14.2 Å². The molecule has 0 aromatic carbocycles. The van der Waals surface area contributed by atoms with E-state index in [1.165, 1.54) is 89.9 Å². The highest BCUT2D eigenvalue weighted by atomic mass is 16.6. The van der Waals surface area contributed by atoms with Gasteiger partial charge in [0.15, 0.2) is 6.10 Å². The molecule has 0 heterocycles. The lowest BCUT2D eigenvalue weighted by Crippen LogP contribution is -2.30. The predicted molar refractivity (Wildman–Crippen MR) is 238 cm³/mol. The van der Waals surface area contributed by atoms with Gasteiger partial charge in [-0.2, -0.15) is 0 Å². The normalized spacial score (nSPS) is 12.6. The van der Waals surface area contributed by atoms with Crippen molar-refractivity contribution in [3.63, 3.8) is 0 Å². The number of allylic oxidation sites excluding steroid dienone is 10. The molecule has 0 aliphatic heterocycles. The summed E-state index contributed by atoms with van der Waals surface area (Å²) >= 11 is 0. The number of unbranched alkanes of at least 4 members (excludes halogenated alkanes) is 20. The first kappa shape index (κ1) is 53.1. The van der Waals surface area contributed by atoms with Crippen LogP contribution in [0.2, 0.25) is 0 Å². The van der Waals surface area contributed by atoms with Crippen LogP contribution in [0.15, 0.2) is 60.8 Å². The Hall–Kier alpha value is -2.89. The van der Waals surface area contributed by atoms with Gasteiger partial charge in [0.05, 0.1) is 0 Å². The summed E-state index contributed by atoms with van der Waals surface area (Å²) in [5.74, 6) is -0.942. The second-order valence-corrected chi connectivity index (χ2v) is 15.3. The number of rotatable bonds is 41. The SMILES string of the molecule is CC/C=C\C/C=C\C/C=C\C/C=C\CCCCCCCCC(=O)OCC(COC(=O)CCC/C=C\CCCCCC)OC(=O)CCCCCCCCCCCC. The van der Waals surface area contributed by atoms with Crippen LogP contribution in [0.4, 0.5) is 0 Å². The standard InChI is InChI=1S/C50H86O6/c1-4-7-10-13-16-19-21-22-23-24-25-26-27-28-29-32-34-37-40-43-49(52)55-46-47(45-54-48(51)42-39-36-33-30-18-15-12-9-6-3)56-50(53)44-41-38-35-31-20-17-14-11-8-5-2/h7,10,16,19,22-23,25-26,30,33,47H,4-6,8-9,11-15,17-18,20-21,24,27-29,31-32,34-46H2,1-3H3/b10-7-,19-16-,23-22-,26-25-,33-30-. The summed E-state index contributed by atoms with van der Waals surface area (Å²) in [6, 6.07) is 0. The Morgan fingerprint density at radius 3 is 1.20 bits per heavy atom. The quantitative estimate of drug-likeness (QED) is 0.0266. The lowest BCUT2D eigenvalue weighted by molar-refractivity contribution is -0.167. The Labute approximate surface area is 345 Å². The molecule has 0 rings (SSSR count). The average molecular weight is 783 g/mol. The summed E-state index contributed by atoms with van der Waals surface area (Å²) in [7, 11) is 0. The third-order valence-corrected chi connectivity index (χ3v) is 9.76. The third-order valence-electron chi connectivity index (χ3n) is 9.76. The molecule has 56 heavy (non-hydrogen) atoms. The zero-order chi connectivity index (χ0) is 40.8. The van der Waals surface area contributed by atoms with Crippen molar-refractivity contribution in [1.29, 1.82) is 0 Å². The van der Waals surface area contributed by atoms with E-state index < -0.39 is 6.10 Å². The smallest absolute Gasteiger partial charge is 0.306 e. The van der Waals surface area contributed by atoms with Gasteiger partial charge in [0.25, 0.3) is 0 Å². The molecule has 0 amide bonds. The fourth-order valence-electron chi connectivity index (χ4n) is 6.26. The third kappa shape index (κ3) is 42.3. The van der Waals surface area contributed by atoms with Crippen LogP contribution in [-0.2, 0) is 28.6 Å². The molecular weight excluding hydrogens is 697 g/mol. The summed E-state index contributed by atoms with van der Waals surface area (Å²) in [4.78, 5) is 37.6. The van der Waals surface area contributed by atoms with E-state index in [-0.39, 0.29) is 31.1 Å². The van der Waals surface area contributed by atoms with Gasteiger partial charge in [-0.25, -0.2) is 0 Å². The van der Waals surface area contributed by atoms with Gasteiger partial charge in [-0.15, -0.1) is 0 Å². The monoisotopic (exact) mass is 783 g/mol. The highest BCUT2D eigenvalue weighted by Gasteiger charge is 2.19. The lowest BCUT2D eigenvalue weighted by Gasteiger charge is -2.18. The largest absolute Gasteiger partial charge is 0.462 e. The topological polar surface area (TPSA) is 78.9 Å². The summed E-state index contributed by atoms with van der Waals surface area (Å²) < 4.78 is 16.6. The van der Waals surface area contributed by atoms with Gasteiger partial charge in [-0.1, -0.05) is 184 Å². The Morgan fingerprint density at radius 1 is 0.375 bits per heavy atom. The van der Waals surface area contributed by atoms with Gasteiger partial charge >= 0.3 is 17.9 Å². The maximum Gasteiger partial charge on any atom is 0.306 e. The van der Waals surface area contributed by atoms with Crippen LogP contribution >= 0.6 is 0 Å². The van der Waals surface area contributed by atoms with Crippen molar-refractivity contribution < 1.29 is 28.6 Å². The molecule has 0 saturated heterocycles. The second kappa shape index (κ2) is 44.8. The number of carbonyl (C=O) groups is 3. The average Bonchev–Trinajstić information content (AvgIpc) is 3.19. The molecular formula is C50H86O6. The number of hydrogen-bond donors (Lipinski definition) is 0. The molecule has 322 valence electrons. The molecule has 6 heteroatoms. The first-order valence-electron chi connectivity index (χ1n) is 23.3. The Bertz CT molecular complexity index is 1040. The van der Waals surface area contributed by atoms with Crippen molar-refractivity contribution in [3.8, 4) is 0 Å². The summed E-state index contributed by atoms with van der Waals surface area (Å²) in [6.45, 7) is 6.43. The predicted octanol–water partition coefficient (Wildman–Crippen LogP) is 14.9. The fourth-order valence-corrected chi connectivity index (χ4v) is 6.26. The van der Waals surface area contributed by atoms with E-state index in [0.717, 1.165) is 83.5 Å². The van der Waals surface area contributed by atoms with Crippen LogP contribution in [0.3, 0.4) is 0 Å². The van der Waals surface area contributed by atoms with Crippen LogP contribution in [0, 0.1) is 0 Å². The Balaban J connectivity index is 4.33. The number of carbonyl (C=O) groups excluding carboxylic acids is 3. The minimum Gasteiger partial charge on any atom is -0.462 e. The van der Waals surface area contributed by atoms with E-state index in [2.05, 4.69) is 81.5 Å². The van der Waals surface area contributed by atoms with Crippen molar-refractivity contribution in [3.05, 3.63) is 60.8 Å². The van der Waals surface area contributed by atoms with E-state index in [0.29, 0.717) is 25.7 Å². The maximum atomic E-state index is 12.7. The molecule has 0 bridgehead atoms. The van der Waals surface area contributed by atoms with E-state index in [1.54, 1.807) is 0 Å². The van der Waals surface area contributed by atoms with Gasteiger partial charge in [0.2, 0.25) is 0 Å². The van der Waals surface area contributed by atoms with Crippen molar-refractivity contribution >= 4 is 17.9 Å². The molecule has 0 aromatic heterocycles. The molecule has 1 atom stereocenters. The summed E-state index contributed by atoms with van der Waals surface area (Å²) in [5.41, 5.74) is 0. The fraction of sp³-hybridized carbons (Fsp3) is 0.740. The molecule has 0 aliphatic rings. The molecule has 0 saturated carbocycles. The van der Waals surface area contributed by atoms with Crippen molar-refractivity contribution in [2.45, 2.75) is 226 Å². The van der Waals surface area contributed by atoms with Crippen molar-refractivity contribution in [2.75, 3.05) is 13.2 Å². The second-order valence-electron chi connectivity index (χ2n) is 15.3. The van der Waals surface area contributed by atoms with Gasteiger partial charge in [0.1, 0.15) is 13.2 Å². The molecule has 0 radical (unpaired) electrons. The zero-order valence-corrected chi connectivity index (χ0v) is 36.6. The molecule has 6 nitrogen and oxygen atoms in total. The minimum atomic E-state index is -0.785. The Morgan fingerprint density at radius 2 is 0.714 bits per heavy atom. The van der Waals surface area contributed by atoms with Gasteiger partial charge < -0.3 is 14.2 Å². The number of ether oxygens (including phenoxy) is 3. The van der Waals surface area contributed by atoms with Crippen LogP contribution in [0.5, 0.6) is 0 Å². The molecule has 0 spiro atoms. The summed E-state index contributed by atoms with van der Waals surface area (Å²) in [6.07, 6.45) is 53.6. The maximum absolute atomic E-state index is 12.7. The number of hydrogen-bond acceptors (Lipinski definition) is 6. The highest BCUT2D eigenvalue weighted by molar-refractivity contribution is 5.71. The molecule has 0 fully saturated rings. The van der Waals surface area contributed by atoms with Crippen LogP contribution in [0.1, 0.15) is 220 Å². The molecule has 0 aromatic rings. The minimum absolute atomic E-state index is 0.0893. The van der Waals surface area contributed by atoms with Gasteiger partial charge in [-0.05, 0) is 77.0 Å². The van der Waals surface area contributed by atoms with E-state index in [9.17, 15) is 14.4 Å². The first-order valence-corrected chi connectivity index (χ1v) is 23.3. The highest BCUT2D eigenvalue weighted by Crippen LogP contribution is 2.14. The Kier molecular flexibility index (Phi) is 42.5. The van der Waals surface area contributed by atoms with Crippen molar-refractivity contribution in [2.24, 2.45) is 0 Å². The van der Waals surface area contributed by atoms with Crippen molar-refractivity contribution in [1.82, 2.24) is 0 Å². The van der Waals surface area contributed by atoms with E-state index >= 15 is 0 Å². The van der Waals surface area contributed by atoms with E-state index in [1.807, 2.05) is 0 Å². The molecule has 0 N–H and O–H groups in total. The van der Waals surface area contributed by atoms with Crippen LogP contribution in [-0.4, -0.2) is 37.2 Å². The molecule has 1 unspecified atom stereocenters. The number of esters is 3.